The van der Waals surface area contributed by atoms with Crippen molar-refractivity contribution in [3.8, 4) is 5.75 Å². The number of benzene rings is 1. The summed E-state index contributed by atoms with van der Waals surface area (Å²) in [6.45, 7) is 1.48. The van der Waals surface area contributed by atoms with Crippen LogP contribution in [0.1, 0.15) is 24.0 Å². The minimum absolute atomic E-state index is 0.276. The Morgan fingerprint density at radius 2 is 2.22 bits per heavy atom. The molecule has 1 aromatic rings. The van der Waals surface area contributed by atoms with Crippen molar-refractivity contribution in [1.29, 1.82) is 0 Å². The van der Waals surface area contributed by atoms with Crippen molar-refractivity contribution in [3.05, 3.63) is 29.1 Å². The maximum Gasteiger partial charge on any atom is 0.127 e. The van der Waals surface area contributed by atoms with E-state index in [-0.39, 0.29) is 5.82 Å². The molecule has 1 aromatic carbocycles. The van der Waals surface area contributed by atoms with Crippen molar-refractivity contribution in [3.63, 3.8) is 0 Å². The van der Waals surface area contributed by atoms with Gasteiger partial charge in [-0.3, -0.25) is 0 Å². The van der Waals surface area contributed by atoms with Gasteiger partial charge in [0.25, 0.3) is 0 Å². The summed E-state index contributed by atoms with van der Waals surface area (Å²) in [4.78, 5) is 0. The first-order chi connectivity index (χ1) is 8.74. The lowest BCUT2D eigenvalue weighted by molar-refractivity contribution is 0.183. The van der Waals surface area contributed by atoms with Gasteiger partial charge in [0.2, 0.25) is 0 Å². The molecule has 1 atom stereocenters. The van der Waals surface area contributed by atoms with Gasteiger partial charge in [0.15, 0.2) is 0 Å². The Morgan fingerprint density at radius 3 is 2.83 bits per heavy atom. The molecular formula is C14H20FNO2. The molecule has 4 heteroatoms. The molecule has 1 aliphatic heterocycles. The number of ether oxygens (including phenoxy) is 2. The molecule has 18 heavy (non-hydrogen) atoms. The highest BCUT2D eigenvalue weighted by molar-refractivity contribution is 5.41. The molecule has 0 aromatic heterocycles. The first kappa shape index (κ1) is 13.3. The van der Waals surface area contributed by atoms with Gasteiger partial charge in [-0.1, -0.05) is 0 Å². The predicted molar refractivity (Wildman–Crippen MR) is 68.4 cm³/mol. The SMILES string of the molecule is COCc1cc(F)cc(OC)c1CC1CCCN1. The normalized spacial score (nSPS) is 19.2. The monoisotopic (exact) mass is 253 g/mol. The maximum absolute atomic E-state index is 13.5. The quantitative estimate of drug-likeness (QED) is 0.873. The van der Waals surface area contributed by atoms with E-state index < -0.39 is 0 Å². The minimum atomic E-state index is -0.276. The summed E-state index contributed by atoms with van der Waals surface area (Å²) in [5, 5.41) is 3.45. The van der Waals surface area contributed by atoms with Crippen LogP contribution in [0.4, 0.5) is 4.39 Å². The van der Waals surface area contributed by atoms with Crippen molar-refractivity contribution in [2.45, 2.75) is 31.9 Å². The summed E-state index contributed by atoms with van der Waals surface area (Å²) in [6, 6.07) is 3.44. The van der Waals surface area contributed by atoms with E-state index in [4.69, 9.17) is 9.47 Å². The molecule has 100 valence electrons. The van der Waals surface area contributed by atoms with Crippen molar-refractivity contribution in [1.82, 2.24) is 5.32 Å². The van der Waals surface area contributed by atoms with Crippen LogP contribution in [0.25, 0.3) is 0 Å². The van der Waals surface area contributed by atoms with Crippen molar-refractivity contribution < 1.29 is 13.9 Å². The fraction of sp³-hybridized carbons (Fsp3) is 0.571. The average Bonchev–Trinajstić information content (AvgIpc) is 2.85. The number of hydrogen-bond acceptors (Lipinski definition) is 3. The van der Waals surface area contributed by atoms with Crippen LogP contribution >= 0.6 is 0 Å². The lowest BCUT2D eigenvalue weighted by atomic mass is 9.98. The molecule has 1 aliphatic rings. The Labute approximate surface area is 107 Å². The smallest absolute Gasteiger partial charge is 0.127 e. The van der Waals surface area contributed by atoms with Crippen LogP contribution in [0.2, 0.25) is 0 Å². The van der Waals surface area contributed by atoms with Gasteiger partial charge >= 0.3 is 0 Å². The van der Waals surface area contributed by atoms with E-state index in [2.05, 4.69) is 5.32 Å². The van der Waals surface area contributed by atoms with E-state index in [1.54, 1.807) is 14.2 Å². The molecule has 0 bridgehead atoms. The second kappa shape index (κ2) is 6.16. The molecule has 0 amide bonds. The van der Waals surface area contributed by atoms with Crippen LogP contribution in [-0.4, -0.2) is 26.8 Å². The van der Waals surface area contributed by atoms with Crippen molar-refractivity contribution in [2.24, 2.45) is 0 Å². The Kier molecular flexibility index (Phi) is 4.55. The van der Waals surface area contributed by atoms with Crippen molar-refractivity contribution in [2.75, 3.05) is 20.8 Å². The van der Waals surface area contributed by atoms with Gasteiger partial charge in [-0.05, 0) is 37.4 Å². The lowest BCUT2D eigenvalue weighted by Crippen LogP contribution is -2.24. The second-order valence-electron chi connectivity index (χ2n) is 4.68. The third kappa shape index (κ3) is 3.00. The van der Waals surface area contributed by atoms with Gasteiger partial charge in [-0.25, -0.2) is 4.39 Å². The second-order valence-corrected chi connectivity index (χ2v) is 4.68. The van der Waals surface area contributed by atoms with E-state index in [1.165, 1.54) is 18.6 Å². The number of rotatable bonds is 5. The molecule has 1 unspecified atom stereocenters. The molecule has 0 spiro atoms. The van der Waals surface area contributed by atoms with Crippen LogP contribution in [0.5, 0.6) is 5.75 Å². The van der Waals surface area contributed by atoms with Gasteiger partial charge in [0.1, 0.15) is 11.6 Å². The van der Waals surface area contributed by atoms with Crippen LogP contribution in [0.3, 0.4) is 0 Å². The Balaban J connectivity index is 2.28. The molecule has 0 aliphatic carbocycles. The lowest BCUT2D eigenvalue weighted by Gasteiger charge is -2.17. The van der Waals surface area contributed by atoms with Crippen molar-refractivity contribution >= 4 is 0 Å². The zero-order chi connectivity index (χ0) is 13.0. The fourth-order valence-electron chi connectivity index (χ4n) is 2.54. The number of methoxy groups -OCH3 is 2. The van der Waals surface area contributed by atoms with E-state index in [9.17, 15) is 4.39 Å². The summed E-state index contributed by atoms with van der Waals surface area (Å²) in [6.07, 6.45) is 3.23. The van der Waals surface area contributed by atoms with Gasteiger partial charge in [-0.15, -0.1) is 0 Å². The molecular weight excluding hydrogens is 233 g/mol. The molecule has 1 heterocycles. The van der Waals surface area contributed by atoms with Crippen LogP contribution in [0, 0.1) is 5.82 Å². The zero-order valence-electron chi connectivity index (χ0n) is 11.0. The summed E-state index contributed by atoms with van der Waals surface area (Å²) in [7, 11) is 3.20. The molecule has 0 saturated carbocycles. The van der Waals surface area contributed by atoms with E-state index >= 15 is 0 Å². The Morgan fingerprint density at radius 1 is 1.39 bits per heavy atom. The fourth-order valence-corrected chi connectivity index (χ4v) is 2.54. The largest absolute Gasteiger partial charge is 0.496 e. The van der Waals surface area contributed by atoms with Crippen LogP contribution in [0.15, 0.2) is 12.1 Å². The van der Waals surface area contributed by atoms with Crippen LogP contribution in [-0.2, 0) is 17.8 Å². The third-order valence-corrected chi connectivity index (χ3v) is 3.40. The molecule has 1 N–H and O–H groups in total. The van der Waals surface area contributed by atoms with Gasteiger partial charge in [0.05, 0.1) is 13.7 Å². The Hall–Kier alpha value is -1.13. The van der Waals surface area contributed by atoms with Gasteiger partial charge in [-0.2, -0.15) is 0 Å². The minimum Gasteiger partial charge on any atom is -0.496 e. The van der Waals surface area contributed by atoms with E-state index in [0.717, 1.165) is 30.5 Å². The molecule has 0 radical (unpaired) electrons. The molecule has 3 nitrogen and oxygen atoms in total. The highest BCUT2D eigenvalue weighted by atomic mass is 19.1. The molecule has 2 rings (SSSR count). The summed E-state index contributed by atoms with van der Waals surface area (Å²) < 4.78 is 23.9. The average molecular weight is 253 g/mol. The van der Waals surface area contributed by atoms with E-state index in [0.29, 0.717) is 18.4 Å². The molecule has 1 saturated heterocycles. The summed E-state index contributed by atoms with van der Waals surface area (Å²) in [5.41, 5.74) is 1.93. The highest BCUT2D eigenvalue weighted by Gasteiger charge is 2.19. The maximum atomic E-state index is 13.5. The highest BCUT2D eigenvalue weighted by Crippen LogP contribution is 2.27. The van der Waals surface area contributed by atoms with Crippen LogP contribution < -0.4 is 10.1 Å². The Bertz CT molecular complexity index is 403. The molecule has 1 fully saturated rings. The number of nitrogens with one attached hydrogen (secondary N) is 1. The number of hydrogen-bond donors (Lipinski definition) is 1. The van der Waals surface area contributed by atoms with E-state index in [1.807, 2.05) is 0 Å². The standard InChI is InChI=1S/C14H20FNO2/c1-17-9-10-6-11(15)7-14(18-2)13(10)8-12-4-3-5-16-12/h6-7,12,16H,3-5,8-9H2,1-2H3. The first-order valence-electron chi connectivity index (χ1n) is 6.32. The first-order valence-corrected chi connectivity index (χ1v) is 6.32. The summed E-state index contributed by atoms with van der Waals surface area (Å²) in [5.74, 6) is 0.345. The predicted octanol–water partition coefficient (Wildman–Crippen LogP) is 2.28. The zero-order valence-corrected chi connectivity index (χ0v) is 11.0. The van der Waals surface area contributed by atoms with Gasteiger partial charge < -0.3 is 14.8 Å². The van der Waals surface area contributed by atoms with Gasteiger partial charge in [0, 0.05) is 24.8 Å². The topological polar surface area (TPSA) is 30.5 Å². The number of halogens is 1. The third-order valence-electron chi connectivity index (χ3n) is 3.40. The summed E-state index contributed by atoms with van der Waals surface area (Å²) >= 11 is 0.